The van der Waals surface area contributed by atoms with Gasteiger partial charge in [0.05, 0.1) is 13.7 Å². The Morgan fingerprint density at radius 2 is 1.84 bits per heavy atom. The van der Waals surface area contributed by atoms with Gasteiger partial charge in [0.15, 0.2) is 6.10 Å². The van der Waals surface area contributed by atoms with Gasteiger partial charge in [-0.25, -0.2) is 9.59 Å². The van der Waals surface area contributed by atoms with E-state index >= 15 is 0 Å². The summed E-state index contributed by atoms with van der Waals surface area (Å²) in [6.07, 6.45) is -0.699. The summed E-state index contributed by atoms with van der Waals surface area (Å²) in [4.78, 5) is 23.5. The van der Waals surface area contributed by atoms with Crippen molar-refractivity contribution < 1.29 is 28.9 Å². The molecule has 1 N–H and O–H groups in total. The molecule has 6 heteroatoms. The van der Waals surface area contributed by atoms with Gasteiger partial charge in [0.25, 0.3) is 0 Å². The number of esters is 1. The summed E-state index contributed by atoms with van der Waals surface area (Å²) >= 11 is 0. The smallest absolute Gasteiger partial charge is 0.347 e. The zero-order valence-corrected chi connectivity index (χ0v) is 14.1. The molecule has 2 aromatic carbocycles. The summed E-state index contributed by atoms with van der Waals surface area (Å²) in [7, 11) is 1.40. The molecule has 0 saturated heterocycles. The fraction of sp³-hybridized carbons (Fsp3) is 0.263. The molecule has 0 amide bonds. The van der Waals surface area contributed by atoms with Gasteiger partial charge in [-0.1, -0.05) is 24.3 Å². The average Bonchev–Trinajstić information content (AvgIpc) is 2.62. The van der Waals surface area contributed by atoms with E-state index in [9.17, 15) is 14.7 Å². The van der Waals surface area contributed by atoms with Crippen LogP contribution in [0.4, 0.5) is 0 Å². The SMILES string of the molecule is CCOC(=O)C(Cc1ccc(OC)c(C(=O)O)c1)Oc1ccccc1. The Labute approximate surface area is 146 Å². The molecule has 2 aromatic rings. The minimum atomic E-state index is -1.10. The van der Waals surface area contributed by atoms with Gasteiger partial charge < -0.3 is 19.3 Å². The van der Waals surface area contributed by atoms with Crippen LogP contribution < -0.4 is 9.47 Å². The topological polar surface area (TPSA) is 82.1 Å². The van der Waals surface area contributed by atoms with Gasteiger partial charge in [-0.05, 0) is 36.8 Å². The lowest BCUT2D eigenvalue weighted by Gasteiger charge is -2.18. The van der Waals surface area contributed by atoms with E-state index < -0.39 is 18.0 Å². The van der Waals surface area contributed by atoms with Crippen molar-refractivity contribution in [3.05, 3.63) is 59.7 Å². The Bertz CT molecular complexity index is 726. The van der Waals surface area contributed by atoms with Crippen molar-refractivity contribution >= 4 is 11.9 Å². The summed E-state index contributed by atoms with van der Waals surface area (Å²) in [5.41, 5.74) is 0.662. The maximum absolute atomic E-state index is 12.2. The number of methoxy groups -OCH3 is 1. The zero-order chi connectivity index (χ0) is 18.2. The third-order valence-electron chi connectivity index (χ3n) is 3.49. The van der Waals surface area contributed by atoms with Gasteiger partial charge in [-0.15, -0.1) is 0 Å². The minimum absolute atomic E-state index is 0.0299. The van der Waals surface area contributed by atoms with Gasteiger partial charge in [-0.2, -0.15) is 0 Å². The first-order valence-corrected chi connectivity index (χ1v) is 7.83. The van der Waals surface area contributed by atoms with E-state index in [1.165, 1.54) is 13.2 Å². The molecule has 0 heterocycles. The Hall–Kier alpha value is -3.02. The summed E-state index contributed by atoms with van der Waals surface area (Å²) < 4.78 is 15.8. The van der Waals surface area contributed by atoms with Crippen LogP contribution >= 0.6 is 0 Å². The van der Waals surface area contributed by atoms with Crippen LogP contribution in [0.2, 0.25) is 0 Å². The zero-order valence-electron chi connectivity index (χ0n) is 14.1. The van der Waals surface area contributed by atoms with Crippen LogP contribution in [0.5, 0.6) is 11.5 Å². The number of rotatable bonds is 8. The minimum Gasteiger partial charge on any atom is -0.496 e. The van der Waals surface area contributed by atoms with E-state index in [0.29, 0.717) is 11.3 Å². The molecule has 132 valence electrons. The molecule has 0 saturated carbocycles. The second-order valence-electron chi connectivity index (χ2n) is 5.22. The molecule has 0 aliphatic carbocycles. The number of carbonyl (C=O) groups excluding carboxylic acids is 1. The molecule has 0 aliphatic rings. The number of carboxylic acids is 1. The van der Waals surface area contributed by atoms with Crippen LogP contribution in [0.15, 0.2) is 48.5 Å². The number of benzene rings is 2. The van der Waals surface area contributed by atoms with Crippen LogP contribution in [-0.4, -0.2) is 36.9 Å². The molecule has 0 fully saturated rings. The number of hydrogen-bond donors (Lipinski definition) is 1. The summed E-state index contributed by atoms with van der Waals surface area (Å²) in [5, 5.41) is 9.28. The van der Waals surface area contributed by atoms with E-state index in [0.717, 1.165) is 0 Å². The van der Waals surface area contributed by atoms with Crippen LogP contribution in [0.25, 0.3) is 0 Å². The van der Waals surface area contributed by atoms with Gasteiger partial charge in [0, 0.05) is 6.42 Å². The lowest BCUT2D eigenvalue weighted by molar-refractivity contribution is -0.151. The number of aromatic carboxylic acids is 1. The highest BCUT2D eigenvalue weighted by Crippen LogP contribution is 2.22. The molecule has 25 heavy (non-hydrogen) atoms. The first-order chi connectivity index (χ1) is 12.0. The molecule has 2 rings (SSSR count). The van der Waals surface area contributed by atoms with Crippen molar-refractivity contribution in [3.8, 4) is 11.5 Å². The second kappa shape index (κ2) is 8.73. The van der Waals surface area contributed by atoms with Crippen molar-refractivity contribution in [3.63, 3.8) is 0 Å². The molecule has 1 unspecified atom stereocenters. The molecule has 6 nitrogen and oxygen atoms in total. The van der Waals surface area contributed by atoms with Crippen LogP contribution in [0.3, 0.4) is 0 Å². The predicted molar refractivity (Wildman–Crippen MR) is 91.1 cm³/mol. The van der Waals surface area contributed by atoms with Crippen molar-refractivity contribution in [2.75, 3.05) is 13.7 Å². The van der Waals surface area contributed by atoms with E-state index in [-0.39, 0.29) is 24.3 Å². The van der Waals surface area contributed by atoms with Gasteiger partial charge in [0.2, 0.25) is 0 Å². The second-order valence-corrected chi connectivity index (χ2v) is 5.22. The highest BCUT2D eigenvalue weighted by atomic mass is 16.6. The van der Waals surface area contributed by atoms with E-state index in [2.05, 4.69) is 0 Å². The van der Waals surface area contributed by atoms with Gasteiger partial charge in [0.1, 0.15) is 17.1 Å². The molecular formula is C19H20O6. The summed E-state index contributed by atoms with van der Waals surface area (Å²) in [6, 6.07) is 13.7. The fourth-order valence-electron chi connectivity index (χ4n) is 2.33. The number of para-hydroxylation sites is 1. The first-order valence-electron chi connectivity index (χ1n) is 7.83. The molecule has 0 bridgehead atoms. The molecule has 1 atom stereocenters. The molecular weight excluding hydrogens is 324 g/mol. The van der Waals surface area contributed by atoms with Crippen molar-refractivity contribution in [2.45, 2.75) is 19.4 Å². The normalized spacial score (nSPS) is 11.4. The van der Waals surface area contributed by atoms with E-state index in [4.69, 9.17) is 14.2 Å². The first kappa shape index (κ1) is 18.3. The molecule has 0 radical (unpaired) electrons. The van der Waals surface area contributed by atoms with Gasteiger partial charge in [-0.3, -0.25) is 0 Å². The number of carbonyl (C=O) groups is 2. The summed E-state index contributed by atoms with van der Waals surface area (Å²) in [5.74, 6) is -0.810. The fourth-order valence-corrected chi connectivity index (χ4v) is 2.33. The van der Waals surface area contributed by atoms with Crippen molar-refractivity contribution in [2.24, 2.45) is 0 Å². The van der Waals surface area contributed by atoms with Crippen LogP contribution in [-0.2, 0) is 16.0 Å². The number of carboxylic acid groups (broad SMARTS) is 1. The van der Waals surface area contributed by atoms with Crippen molar-refractivity contribution in [1.29, 1.82) is 0 Å². The number of ether oxygens (including phenoxy) is 3. The molecule has 0 aromatic heterocycles. The Morgan fingerprint density at radius 1 is 1.12 bits per heavy atom. The lowest BCUT2D eigenvalue weighted by Crippen LogP contribution is -2.31. The van der Waals surface area contributed by atoms with Crippen LogP contribution in [0, 0.1) is 0 Å². The largest absolute Gasteiger partial charge is 0.496 e. The molecule has 0 spiro atoms. The highest BCUT2D eigenvalue weighted by Gasteiger charge is 2.23. The standard InChI is InChI=1S/C19H20O6/c1-3-24-19(22)17(25-14-7-5-4-6-8-14)12-13-9-10-16(23-2)15(11-13)18(20)21/h4-11,17H,3,12H2,1-2H3,(H,20,21). The Balaban J connectivity index is 2.25. The van der Waals surface area contributed by atoms with E-state index in [1.54, 1.807) is 43.3 Å². The summed E-state index contributed by atoms with van der Waals surface area (Å²) in [6.45, 7) is 1.95. The third kappa shape index (κ3) is 4.97. The predicted octanol–water partition coefficient (Wildman–Crippen LogP) is 2.95. The molecule has 0 aliphatic heterocycles. The third-order valence-corrected chi connectivity index (χ3v) is 3.49. The quantitative estimate of drug-likeness (QED) is 0.742. The monoisotopic (exact) mass is 344 g/mol. The van der Waals surface area contributed by atoms with Gasteiger partial charge >= 0.3 is 11.9 Å². The van der Waals surface area contributed by atoms with Crippen molar-refractivity contribution in [1.82, 2.24) is 0 Å². The average molecular weight is 344 g/mol. The van der Waals surface area contributed by atoms with Crippen LogP contribution in [0.1, 0.15) is 22.8 Å². The Morgan fingerprint density at radius 3 is 2.44 bits per heavy atom. The Kier molecular flexibility index (Phi) is 6.39. The maximum Gasteiger partial charge on any atom is 0.347 e. The van der Waals surface area contributed by atoms with E-state index in [1.807, 2.05) is 6.07 Å². The maximum atomic E-state index is 12.2. The lowest BCUT2D eigenvalue weighted by atomic mass is 10.0. The number of hydrogen-bond acceptors (Lipinski definition) is 5. The highest BCUT2D eigenvalue weighted by molar-refractivity contribution is 5.91.